The summed E-state index contributed by atoms with van der Waals surface area (Å²) in [5.74, 6) is -2.22. The number of hydrogen-bond donors (Lipinski definition) is 0. The van der Waals surface area contributed by atoms with E-state index in [4.69, 9.17) is 18.9 Å². The van der Waals surface area contributed by atoms with E-state index >= 15 is 0 Å². The van der Waals surface area contributed by atoms with Gasteiger partial charge in [0.25, 0.3) is 5.79 Å². The first-order valence-electron chi connectivity index (χ1n) is 6.40. The van der Waals surface area contributed by atoms with Crippen molar-refractivity contribution in [2.75, 3.05) is 19.8 Å². The molecule has 0 N–H and O–H groups in total. The Labute approximate surface area is 100 Å². The largest absolute Gasteiger partial charge is 0.425 e. The van der Waals surface area contributed by atoms with E-state index in [1.807, 2.05) is 0 Å². The summed E-state index contributed by atoms with van der Waals surface area (Å²) in [5.41, 5.74) is 0. The highest BCUT2D eigenvalue weighted by Gasteiger charge is 2.62. The quantitative estimate of drug-likeness (QED) is 0.600. The van der Waals surface area contributed by atoms with Gasteiger partial charge in [-0.3, -0.25) is 0 Å². The smallest absolute Gasteiger partial charge is 0.334 e. The summed E-state index contributed by atoms with van der Waals surface area (Å²) >= 11 is 0. The normalized spacial score (nSPS) is 42.7. The zero-order valence-electron chi connectivity index (χ0n) is 9.91. The van der Waals surface area contributed by atoms with Crippen molar-refractivity contribution in [3.8, 4) is 0 Å². The van der Waals surface area contributed by atoms with Crippen molar-refractivity contribution in [1.29, 1.82) is 0 Å². The summed E-state index contributed by atoms with van der Waals surface area (Å²) in [7, 11) is 0. The van der Waals surface area contributed by atoms with Crippen molar-refractivity contribution in [3.63, 3.8) is 0 Å². The second-order valence-corrected chi connectivity index (χ2v) is 4.88. The molecule has 0 saturated carbocycles. The highest BCUT2D eigenvalue weighted by molar-refractivity contribution is 5.72. The van der Waals surface area contributed by atoms with Gasteiger partial charge in [0.05, 0.1) is 13.2 Å². The summed E-state index contributed by atoms with van der Waals surface area (Å²) in [4.78, 5) is 11.5. The number of esters is 1. The predicted molar refractivity (Wildman–Crippen MR) is 57.1 cm³/mol. The average Bonchev–Trinajstić information content (AvgIpc) is 2.37. The lowest BCUT2D eigenvalue weighted by Gasteiger charge is -2.52. The molecule has 0 aliphatic carbocycles. The molecule has 0 aromatic carbocycles. The molecule has 17 heavy (non-hydrogen) atoms. The van der Waals surface area contributed by atoms with Crippen molar-refractivity contribution in [2.45, 2.75) is 50.1 Å². The van der Waals surface area contributed by atoms with Crippen molar-refractivity contribution in [2.24, 2.45) is 0 Å². The highest BCUT2D eigenvalue weighted by Crippen LogP contribution is 2.46. The number of carbonyl (C=O) groups excluding carboxylic acids is 1. The third-order valence-corrected chi connectivity index (χ3v) is 3.75. The molecule has 0 aromatic heterocycles. The Balaban J connectivity index is 1.90. The SMILES string of the molecule is O=C1CO[C@]2(CCCCO2)[C@@]2(CCCCO2)O1. The van der Waals surface area contributed by atoms with Crippen molar-refractivity contribution in [3.05, 3.63) is 0 Å². The second-order valence-electron chi connectivity index (χ2n) is 4.88. The van der Waals surface area contributed by atoms with Crippen LogP contribution in [0.15, 0.2) is 0 Å². The lowest BCUT2D eigenvalue weighted by Crippen LogP contribution is -2.67. The predicted octanol–water partition coefficient (Wildman–Crippen LogP) is 1.35. The maximum atomic E-state index is 11.5. The van der Waals surface area contributed by atoms with Gasteiger partial charge in [-0.25, -0.2) is 4.79 Å². The minimum absolute atomic E-state index is 0.0366. The maximum Gasteiger partial charge on any atom is 0.334 e. The molecule has 5 nitrogen and oxygen atoms in total. The van der Waals surface area contributed by atoms with Gasteiger partial charge in [0.15, 0.2) is 0 Å². The van der Waals surface area contributed by atoms with E-state index in [1.165, 1.54) is 0 Å². The minimum Gasteiger partial charge on any atom is -0.425 e. The number of carbonyl (C=O) groups is 1. The molecule has 96 valence electrons. The number of fused-ring (bicyclic) bond motifs is 1. The molecule has 3 saturated heterocycles. The number of rotatable bonds is 0. The van der Waals surface area contributed by atoms with Crippen LogP contribution < -0.4 is 0 Å². The van der Waals surface area contributed by atoms with Crippen molar-refractivity contribution < 1.29 is 23.7 Å². The van der Waals surface area contributed by atoms with Gasteiger partial charge in [-0.05, 0) is 25.7 Å². The molecular weight excluding hydrogens is 224 g/mol. The summed E-state index contributed by atoms with van der Waals surface area (Å²) in [6.45, 7) is 1.20. The molecule has 0 bridgehead atoms. The molecule has 5 heteroatoms. The molecule has 2 spiro atoms. The minimum atomic E-state index is -0.999. The summed E-state index contributed by atoms with van der Waals surface area (Å²) in [6.07, 6.45) is 5.41. The molecule has 3 fully saturated rings. The monoisotopic (exact) mass is 242 g/mol. The van der Waals surface area contributed by atoms with Crippen LogP contribution in [-0.2, 0) is 23.7 Å². The van der Waals surface area contributed by atoms with Gasteiger partial charge in [0.1, 0.15) is 6.61 Å². The Morgan fingerprint density at radius 3 is 2.06 bits per heavy atom. The first kappa shape index (κ1) is 11.4. The van der Waals surface area contributed by atoms with E-state index in [1.54, 1.807) is 0 Å². The standard InChI is InChI=1S/C12H18O5/c13-10-9-16-11(5-1-3-7-14-11)12(17-10)6-2-4-8-15-12/h1-9H2/t11-,12-/m1/s1. The van der Waals surface area contributed by atoms with Gasteiger partial charge in [-0.1, -0.05) is 0 Å². The number of ether oxygens (including phenoxy) is 4. The van der Waals surface area contributed by atoms with Crippen LogP contribution in [0.2, 0.25) is 0 Å². The zero-order chi connectivity index (χ0) is 11.8. The van der Waals surface area contributed by atoms with Crippen LogP contribution in [0.4, 0.5) is 0 Å². The molecule has 2 atom stereocenters. The third-order valence-electron chi connectivity index (χ3n) is 3.75. The topological polar surface area (TPSA) is 54.0 Å². The zero-order valence-corrected chi connectivity index (χ0v) is 9.91. The van der Waals surface area contributed by atoms with Crippen LogP contribution in [0.1, 0.15) is 38.5 Å². The van der Waals surface area contributed by atoms with Gasteiger partial charge in [0, 0.05) is 12.8 Å². The van der Waals surface area contributed by atoms with Gasteiger partial charge in [-0.15, -0.1) is 0 Å². The van der Waals surface area contributed by atoms with E-state index in [-0.39, 0.29) is 12.6 Å². The van der Waals surface area contributed by atoms with Crippen molar-refractivity contribution >= 4 is 5.97 Å². The molecular formula is C12H18O5. The Hall–Kier alpha value is -0.650. The number of hydrogen-bond acceptors (Lipinski definition) is 5. The van der Waals surface area contributed by atoms with E-state index in [0.717, 1.165) is 32.1 Å². The Kier molecular flexibility index (Phi) is 2.84. The van der Waals surface area contributed by atoms with E-state index in [9.17, 15) is 4.79 Å². The Morgan fingerprint density at radius 1 is 0.824 bits per heavy atom. The van der Waals surface area contributed by atoms with Crippen LogP contribution in [0.25, 0.3) is 0 Å². The molecule has 0 radical (unpaired) electrons. The van der Waals surface area contributed by atoms with Gasteiger partial charge < -0.3 is 18.9 Å². The molecule has 3 rings (SSSR count). The molecule has 3 aliphatic rings. The molecule has 0 unspecified atom stereocenters. The fourth-order valence-corrected chi connectivity index (χ4v) is 2.91. The lowest BCUT2D eigenvalue weighted by atomic mass is 9.90. The molecule has 3 heterocycles. The molecule has 3 aliphatic heterocycles. The Bertz CT molecular complexity index is 302. The van der Waals surface area contributed by atoms with Crippen LogP contribution in [-0.4, -0.2) is 37.4 Å². The Morgan fingerprint density at radius 2 is 1.47 bits per heavy atom. The van der Waals surface area contributed by atoms with Crippen molar-refractivity contribution in [1.82, 2.24) is 0 Å². The van der Waals surface area contributed by atoms with E-state index < -0.39 is 11.6 Å². The lowest BCUT2D eigenvalue weighted by molar-refractivity contribution is -0.431. The van der Waals surface area contributed by atoms with E-state index in [0.29, 0.717) is 19.6 Å². The van der Waals surface area contributed by atoms with Crippen LogP contribution in [0, 0.1) is 0 Å². The van der Waals surface area contributed by atoms with Gasteiger partial charge in [-0.2, -0.15) is 0 Å². The first-order chi connectivity index (χ1) is 8.27. The highest BCUT2D eigenvalue weighted by atomic mass is 16.8. The van der Waals surface area contributed by atoms with Crippen LogP contribution >= 0.6 is 0 Å². The molecule has 0 amide bonds. The summed E-state index contributed by atoms with van der Waals surface area (Å²) in [5, 5.41) is 0. The summed E-state index contributed by atoms with van der Waals surface area (Å²) < 4.78 is 22.8. The average molecular weight is 242 g/mol. The fraction of sp³-hybridized carbons (Fsp3) is 0.917. The van der Waals surface area contributed by atoms with Crippen LogP contribution in [0.3, 0.4) is 0 Å². The second kappa shape index (κ2) is 4.23. The first-order valence-corrected chi connectivity index (χ1v) is 6.40. The third kappa shape index (κ3) is 1.77. The maximum absolute atomic E-state index is 11.5. The summed E-state index contributed by atoms with van der Waals surface area (Å²) in [6, 6.07) is 0. The molecule has 0 aromatic rings. The van der Waals surface area contributed by atoms with Gasteiger partial charge in [0.2, 0.25) is 5.79 Å². The van der Waals surface area contributed by atoms with Crippen LogP contribution in [0.5, 0.6) is 0 Å². The van der Waals surface area contributed by atoms with Gasteiger partial charge >= 0.3 is 5.97 Å². The fourth-order valence-electron chi connectivity index (χ4n) is 2.91. The van der Waals surface area contributed by atoms with E-state index in [2.05, 4.69) is 0 Å².